The SMILES string of the molecule is Cc1ccc(C(CNC2CCCCC2C)N2CCOCC2)o1. The fourth-order valence-corrected chi connectivity index (χ4v) is 3.81. The molecule has 1 aliphatic carbocycles. The lowest BCUT2D eigenvalue weighted by atomic mass is 9.86. The summed E-state index contributed by atoms with van der Waals surface area (Å²) in [5.74, 6) is 2.88. The summed E-state index contributed by atoms with van der Waals surface area (Å²) in [5.41, 5.74) is 0. The molecule has 3 rings (SSSR count). The van der Waals surface area contributed by atoms with Crippen molar-refractivity contribution in [2.45, 2.75) is 51.6 Å². The fraction of sp³-hybridized carbons (Fsp3) is 0.778. The number of rotatable bonds is 5. The first-order chi connectivity index (χ1) is 10.7. The van der Waals surface area contributed by atoms with Gasteiger partial charge in [0.05, 0.1) is 19.3 Å². The van der Waals surface area contributed by atoms with Crippen LogP contribution in [0.5, 0.6) is 0 Å². The number of nitrogens with one attached hydrogen (secondary N) is 1. The maximum atomic E-state index is 5.94. The summed E-state index contributed by atoms with van der Waals surface area (Å²) in [6, 6.07) is 5.20. The lowest BCUT2D eigenvalue weighted by Crippen LogP contribution is -2.46. The van der Waals surface area contributed by atoms with E-state index in [4.69, 9.17) is 9.15 Å². The Balaban J connectivity index is 1.65. The molecule has 1 aromatic rings. The van der Waals surface area contributed by atoms with Crippen molar-refractivity contribution >= 4 is 0 Å². The van der Waals surface area contributed by atoms with E-state index in [0.29, 0.717) is 12.1 Å². The van der Waals surface area contributed by atoms with E-state index < -0.39 is 0 Å². The Morgan fingerprint density at radius 1 is 1.23 bits per heavy atom. The third-order valence-electron chi connectivity index (χ3n) is 5.26. The van der Waals surface area contributed by atoms with E-state index in [0.717, 1.165) is 50.3 Å². The van der Waals surface area contributed by atoms with E-state index in [2.05, 4.69) is 29.3 Å². The molecule has 0 spiro atoms. The molecule has 2 heterocycles. The molecule has 1 N–H and O–H groups in total. The van der Waals surface area contributed by atoms with Crippen LogP contribution in [0.3, 0.4) is 0 Å². The molecule has 1 aromatic heterocycles. The average Bonchev–Trinajstić information content (AvgIpc) is 2.97. The normalized spacial score (nSPS) is 28.6. The zero-order chi connectivity index (χ0) is 15.4. The Hall–Kier alpha value is -0.840. The molecule has 124 valence electrons. The summed E-state index contributed by atoms with van der Waals surface area (Å²) in [6.07, 6.45) is 5.43. The van der Waals surface area contributed by atoms with Crippen LogP contribution in [-0.4, -0.2) is 43.8 Å². The summed E-state index contributed by atoms with van der Waals surface area (Å²) in [7, 11) is 0. The van der Waals surface area contributed by atoms with Crippen LogP contribution in [0.1, 0.15) is 50.2 Å². The van der Waals surface area contributed by atoms with Crippen molar-refractivity contribution in [1.82, 2.24) is 10.2 Å². The van der Waals surface area contributed by atoms with Gasteiger partial charge in [0, 0.05) is 25.7 Å². The lowest BCUT2D eigenvalue weighted by Gasteiger charge is -2.36. The highest BCUT2D eigenvalue weighted by Crippen LogP contribution is 2.27. The van der Waals surface area contributed by atoms with E-state index >= 15 is 0 Å². The number of morpholine rings is 1. The molecular weight excluding hydrogens is 276 g/mol. The summed E-state index contributed by atoms with van der Waals surface area (Å²) in [6.45, 7) is 9.03. The summed E-state index contributed by atoms with van der Waals surface area (Å²) in [4.78, 5) is 2.50. The first-order valence-electron chi connectivity index (χ1n) is 8.85. The Morgan fingerprint density at radius 2 is 2.00 bits per heavy atom. The smallest absolute Gasteiger partial charge is 0.122 e. The van der Waals surface area contributed by atoms with Crippen LogP contribution in [0.4, 0.5) is 0 Å². The molecule has 0 amide bonds. The first kappa shape index (κ1) is 16.0. The number of hydrogen-bond acceptors (Lipinski definition) is 4. The van der Waals surface area contributed by atoms with Gasteiger partial charge in [0.15, 0.2) is 0 Å². The van der Waals surface area contributed by atoms with Crippen molar-refractivity contribution in [2.75, 3.05) is 32.8 Å². The summed E-state index contributed by atoms with van der Waals surface area (Å²) < 4.78 is 11.5. The van der Waals surface area contributed by atoms with Crippen molar-refractivity contribution < 1.29 is 9.15 Å². The van der Waals surface area contributed by atoms with Crippen LogP contribution in [0, 0.1) is 12.8 Å². The molecule has 1 aliphatic heterocycles. The second-order valence-corrected chi connectivity index (χ2v) is 6.89. The Bertz CT molecular complexity index is 454. The van der Waals surface area contributed by atoms with Crippen LogP contribution >= 0.6 is 0 Å². The van der Waals surface area contributed by atoms with Gasteiger partial charge in [0.1, 0.15) is 11.5 Å². The number of nitrogens with zero attached hydrogens (tertiary/aromatic N) is 1. The van der Waals surface area contributed by atoms with Crippen molar-refractivity contribution in [3.8, 4) is 0 Å². The van der Waals surface area contributed by atoms with Gasteiger partial charge in [0.2, 0.25) is 0 Å². The molecule has 2 aliphatic rings. The zero-order valence-electron chi connectivity index (χ0n) is 14.0. The molecule has 2 fully saturated rings. The maximum Gasteiger partial charge on any atom is 0.122 e. The van der Waals surface area contributed by atoms with Crippen molar-refractivity contribution in [1.29, 1.82) is 0 Å². The average molecular weight is 306 g/mol. The predicted molar refractivity (Wildman–Crippen MR) is 88.0 cm³/mol. The van der Waals surface area contributed by atoms with Gasteiger partial charge >= 0.3 is 0 Å². The van der Waals surface area contributed by atoms with E-state index in [1.807, 2.05) is 6.92 Å². The van der Waals surface area contributed by atoms with Gasteiger partial charge in [-0.15, -0.1) is 0 Å². The van der Waals surface area contributed by atoms with Crippen molar-refractivity contribution in [3.63, 3.8) is 0 Å². The summed E-state index contributed by atoms with van der Waals surface area (Å²) in [5, 5.41) is 3.83. The minimum absolute atomic E-state index is 0.326. The maximum absolute atomic E-state index is 5.94. The third kappa shape index (κ3) is 3.92. The van der Waals surface area contributed by atoms with E-state index in [9.17, 15) is 0 Å². The molecule has 4 heteroatoms. The van der Waals surface area contributed by atoms with Crippen LogP contribution in [0.25, 0.3) is 0 Å². The second-order valence-electron chi connectivity index (χ2n) is 6.89. The Labute approximate surface area is 134 Å². The third-order valence-corrected chi connectivity index (χ3v) is 5.26. The molecule has 3 atom stereocenters. The highest BCUT2D eigenvalue weighted by atomic mass is 16.5. The highest BCUT2D eigenvalue weighted by Gasteiger charge is 2.27. The van der Waals surface area contributed by atoms with Gasteiger partial charge in [-0.05, 0) is 37.8 Å². The molecule has 0 aromatic carbocycles. The largest absolute Gasteiger partial charge is 0.465 e. The molecule has 4 nitrogen and oxygen atoms in total. The first-order valence-corrected chi connectivity index (χ1v) is 8.85. The second kappa shape index (κ2) is 7.62. The van der Waals surface area contributed by atoms with Gasteiger partial charge in [-0.25, -0.2) is 0 Å². The van der Waals surface area contributed by atoms with Gasteiger partial charge in [-0.3, -0.25) is 4.90 Å². The van der Waals surface area contributed by atoms with Gasteiger partial charge < -0.3 is 14.5 Å². The molecule has 0 radical (unpaired) electrons. The highest BCUT2D eigenvalue weighted by molar-refractivity contribution is 5.11. The van der Waals surface area contributed by atoms with Crippen LogP contribution < -0.4 is 5.32 Å². The minimum Gasteiger partial charge on any atom is -0.465 e. The van der Waals surface area contributed by atoms with Gasteiger partial charge in [-0.2, -0.15) is 0 Å². The van der Waals surface area contributed by atoms with Gasteiger partial charge in [-0.1, -0.05) is 19.8 Å². The van der Waals surface area contributed by atoms with Crippen LogP contribution in [0.2, 0.25) is 0 Å². The van der Waals surface area contributed by atoms with Crippen molar-refractivity contribution in [2.24, 2.45) is 5.92 Å². The molecule has 1 saturated carbocycles. The number of ether oxygens (including phenoxy) is 1. The standard InChI is InChI=1S/C18H30N2O2/c1-14-5-3-4-6-16(14)19-13-17(18-8-7-15(2)22-18)20-9-11-21-12-10-20/h7-8,14,16-17,19H,3-6,9-13H2,1-2H3. The summed E-state index contributed by atoms with van der Waals surface area (Å²) >= 11 is 0. The number of furan rings is 1. The predicted octanol–water partition coefficient (Wildman–Crippen LogP) is 3.13. The Kier molecular flexibility index (Phi) is 5.55. The van der Waals surface area contributed by atoms with Crippen LogP contribution in [-0.2, 0) is 4.74 Å². The molecular formula is C18H30N2O2. The lowest BCUT2D eigenvalue weighted by molar-refractivity contribution is 0.0103. The van der Waals surface area contributed by atoms with Crippen LogP contribution in [0.15, 0.2) is 16.5 Å². The van der Waals surface area contributed by atoms with Crippen molar-refractivity contribution in [3.05, 3.63) is 23.7 Å². The zero-order valence-corrected chi connectivity index (χ0v) is 14.0. The molecule has 3 unspecified atom stereocenters. The van der Waals surface area contributed by atoms with E-state index in [-0.39, 0.29) is 0 Å². The van der Waals surface area contributed by atoms with E-state index in [1.54, 1.807) is 0 Å². The van der Waals surface area contributed by atoms with Gasteiger partial charge in [0.25, 0.3) is 0 Å². The fourth-order valence-electron chi connectivity index (χ4n) is 3.81. The molecule has 1 saturated heterocycles. The molecule has 0 bridgehead atoms. The monoisotopic (exact) mass is 306 g/mol. The molecule has 22 heavy (non-hydrogen) atoms. The number of hydrogen-bond donors (Lipinski definition) is 1. The number of aryl methyl sites for hydroxylation is 1. The Morgan fingerprint density at radius 3 is 2.68 bits per heavy atom. The topological polar surface area (TPSA) is 37.6 Å². The minimum atomic E-state index is 0.326. The van der Waals surface area contributed by atoms with E-state index in [1.165, 1.54) is 25.7 Å². The quantitative estimate of drug-likeness (QED) is 0.907.